The first kappa shape index (κ1) is 27.6. The van der Waals surface area contributed by atoms with Crippen LogP contribution in [0.1, 0.15) is 36.1 Å². The second-order valence-electron chi connectivity index (χ2n) is 8.21. The van der Waals surface area contributed by atoms with Crippen molar-refractivity contribution >= 4 is 40.9 Å². The molecule has 1 saturated heterocycles. The Morgan fingerprint density at radius 2 is 1.95 bits per heavy atom. The molecule has 1 unspecified atom stereocenters. The Morgan fingerprint density at radius 3 is 2.62 bits per heavy atom. The van der Waals surface area contributed by atoms with Gasteiger partial charge in [-0.3, -0.25) is 19.3 Å². The quantitative estimate of drug-likeness (QED) is 0.382. The minimum Gasteiger partial charge on any atom is -0.493 e. The minimum absolute atomic E-state index is 0.0126. The van der Waals surface area contributed by atoms with Crippen LogP contribution in [0.2, 0.25) is 0 Å². The van der Waals surface area contributed by atoms with Crippen LogP contribution < -0.4 is 25.8 Å². The standard InChI is InChI=1S/C26H30N4O6S/c1-4-36-20-9-8-17(13-21(20)35-3)14-22-24(32)30(26(34)37-22)11-10-28-23(31)15-19(29-25(27)33)18-7-5-6-16(2)12-18/h5-9,12-14,19H,4,10-11,15H2,1-3H3,(H,28,31)(H3,27,29,33). The maximum Gasteiger partial charge on any atom is 0.312 e. The Hall–Kier alpha value is -3.99. The van der Waals surface area contributed by atoms with Gasteiger partial charge in [0.1, 0.15) is 0 Å². The van der Waals surface area contributed by atoms with E-state index in [1.54, 1.807) is 30.3 Å². The summed E-state index contributed by atoms with van der Waals surface area (Å²) in [7, 11) is 1.52. The van der Waals surface area contributed by atoms with Crippen molar-refractivity contribution in [2.75, 3.05) is 26.8 Å². The van der Waals surface area contributed by atoms with E-state index in [0.29, 0.717) is 23.7 Å². The SMILES string of the molecule is CCOc1ccc(C=C2SC(=O)N(CCNC(=O)CC(NC(N)=O)c3cccc(C)c3)C2=O)cc1OC. The number of imide groups is 1. The molecule has 0 radical (unpaired) electrons. The topological polar surface area (TPSA) is 140 Å². The van der Waals surface area contributed by atoms with E-state index in [2.05, 4.69) is 10.6 Å². The highest BCUT2D eigenvalue weighted by Crippen LogP contribution is 2.34. The summed E-state index contributed by atoms with van der Waals surface area (Å²) in [5, 5.41) is 4.86. The zero-order chi connectivity index (χ0) is 26.9. The van der Waals surface area contributed by atoms with Crippen molar-refractivity contribution in [3.63, 3.8) is 0 Å². The van der Waals surface area contributed by atoms with Crippen LogP contribution in [0.5, 0.6) is 11.5 Å². The molecule has 5 amide bonds. The molecule has 10 nitrogen and oxygen atoms in total. The number of carbonyl (C=O) groups excluding carboxylic acids is 4. The van der Waals surface area contributed by atoms with Crippen LogP contribution >= 0.6 is 11.8 Å². The smallest absolute Gasteiger partial charge is 0.312 e. The van der Waals surface area contributed by atoms with Gasteiger partial charge in [-0.05, 0) is 54.9 Å². The number of aryl methyl sites for hydroxylation is 1. The predicted molar refractivity (Wildman–Crippen MR) is 141 cm³/mol. The minimum atomic E-state index is -0.742. The third-order valence-electron chi connectivity index (χ3n) is 5.47. The van der Waals surface area contributed by atoms with Gasteiger partial charge in [0.15, 0.2) is 11.5 Å². The van der Waals surface area contributed by atoms with Crippen molar-refractivity contribution in [2.24, 2.45) is 5.73 Å². The molecule has 11 heteroatoms. The van der Waals surface area contributed by atoms with E-state index in [-0.39, 0.29) is 30.3 Å². The molecule has 1 aliphatic rings. The van der Waals surface area contributed by atoms with E-state index >= 15 is 0 Å². The zero-order valence-electron chi connectivity index (χ0n) is 20.9. The summed E-state index contributed by atoms with van der Waals surface area (Å²) in [5.41, 5.74) is 7.69. The van der Waals surface area contributed by atoms with Gasteiger partial charge in [-0.15, -0.1) is 0 Å². The molecule has 37 heavy (non-hydrogen) atoms. The van der Waals surface area contributed by atoms with Gasteiger partial charge in [-0.25, -0.2) is 4.79 Å². The summed E-state index contributed by atoms with van der Waals surface area (Å²) >= 11 is 0.832. The fourth-order valence-electron chi connectivity index (χ4n) is 3.77. The van der Waals surface area contributed by atoms with Crippen molar-refractivity contribution in [3.8, 4) is 11.5 Å². The van der Waals surface area contributed by atoms with Crippen LogP contribution in [-0.4, -0.2) is 54.8 Å². The number of thioether (sulfide) groups is 1. The zero-order valence-corrected chi connectivity index (χ0v) is 21.7. The summed E-state index contributed by atoms with van der Waals surface area (Å²) in [5.74, 6) is 0.309. The Kier molecular flexibility index (Phi) is 9.56. The third-order valence-corrected chi connectivity index (χ3v) is 6.37. The van der Waals surface area contributed by atoms with Crippen LogP contribution in [0, 0.1) is 6.92 Å². The maximum atomic E-state index is 12.8. The van der Waals surface area contributed by atoms with Crippen LogP contribution in [0.3, 0.4) is 0 Å². The number of ether oxygens (including phenoxy) is 2. The van der Waals surface area contributed by atoms with E-state index in [1.807, 2.05) is 32.0 Å². The van der Waals surface area contributed by atoms with Gasteiger partial charge in [0.05, 0.1) is 31.1 Å². The molecule has 0 bridgehead atoms. The van der Waals surface area contributed by atoms with Crippen molar-refractivity contribution in [2.45, 2.75) is 26.3 Å². The molecular formula is C26H30N4O6S. The van der Waals surface area contributed by atoms with Crippen molar-refractivity contribution in [1.82, 2.24) is 15.5 Å². The number of hydrogen-bond acceptors (Lipinski definition) is 7. The lowest BCUT2D eigenvalue weighted by molar-refractivity contribution is -0.124. The molecule has 0 saturated carbocycles. The molecule has 3 rings (SSSR count). The summed E-state index contributed by atoms with van der Waals surface area (Å²) in [6.45, 7) is 4.34. The van der Waals surface area contributed by atoms with Gasteiger partial charge in [-0.2, -0.15) is 0 Å². The monoisotopic (exact) mass is 526 g/mol. The van der Waals surface area contributed by atoms with Crippen LogP contribution in [0.15, 0.2) is 47.4 Å². The van der Waals surface area contributed by atoms with Crippen LogP contribution in [0.4, 0.5) is 9.59 Å². The van der Waals surface area contributed by atoms with Gasteiger partial charge in [-0.1, -0.05) is 35.9 Å². The van der Waals surface area contributed by atoms with Gasteiger partial charge in [0.25, 0.3) is 11.1 Å². The number of nitrogens with zero attached hydrogens (tertiary/aromatic N) is 1. The molecule has 0 spiro atoms. The number of carbonyl (C=O) groups is 4. The van der Waals surface area contributed by atoms with Crippen molar-refractivity contribution in [1.29, 1.82) is 0 Å². The highest BCUT2D eigenvalue weighted by atomic mass is 32.2. The van der Waals surface area contributed by atoms with Crippen LogP contribution in [0.25, 0.3) is 6.08 Å². The Bertz CT molecular complexity index is 1220. The summed E-state index contributed by atoms with van der Waals surface area (Å²) in [6, 6.07) is 11.3. The van der Waals surface area contributed by atoms with E-state index < -0.39 is 23.2 Å². The molecule has 0 aliphatic carbocycles. The number of primary amides is 1. The maximum absolute atomic E-state index is 12.8. The fourth-order valence-corrected chi connectivity index (χ4v) is 4.63. The molecular weight excluding hydrogens is 496 g/mol. The van der Waals surface area contributed by atoms with E-state index in [4.69, 9.17) is 15.2 Å². The molecule has 1 aliphatic heterocycles. The Balaban J connectivity index is 1.59. The predicted octanol–water partition coefficient (Wildman–Crippen LogP) is 3.35. The van der Waals surface area contributed by atoms with Gasteiger partial charge < -0.3 is 25.8 Å². The average Bonchev–Trinajstić information content (AvgIpc) is 3.11. The molecule has 0 aromatic heterocycles. The lowest BCUT2D eigenvalue weighted by atomic mass is 10.0. The molecule has 1 heterocycles. The summed E-state index contributed by atoms with van der Waals surface area (Å²) < 4.78 is 10.8. The second kappa shape index (κ2) is 12.8. The van der Waals surface area contributed by atoms with Crippen LogP contribution in [-0.2, 0) is 9.59 Å². The average molecular weight is 527 g/mol. The van der Waals surface area contributed by atoms with E-state index in [0.717, 1.165) is 27.8 Å². The summed E-state index contributed by atoms with van der Waals surface area (Å²) in [6.07, 6.45) is 1.57. The Labute approximate surface area is 219 Å². The van der Waals surface area contributed by atoms with Crippen molar-refractivity contribution in [3.05, 3.63) is 64.1 Å². The normalized spacial score (nSPS) is 15.0. The number of rotatable bonds is 11. The van der Waals surface area contributed by atoms with Gasteiger partial charge >= 0.3 is 6.03 Å². The molecule has 4 N–H and O–H groups in total. The third kappa shape index (κ3) is 7.50. The highest BCUT2D eigenvalue weighted by molar-refractivity contribution is 8.18. The van der Waals surface area contributed by atoms with E-state index in [9.17, 15) is 19.2 Å². The van der Waals surface area contributed by atoms with Gasteiger partial charge in [0.2, 0.25) is 5.91 Å². The fraction of sp³-hybridized carbons (Fsp3) is 0.308. The molecule has 196 valence electrons. The number of hydrogen-bond donors (Lipinski definition) is 3. The van der Waals surface area contributed by atoms with Gasteiger partial charge in [0, 0.05) is 13.1 Å². The first-order valence-electron chi connectivity index (χ1n) is 11.7. The number of urea groups is 1. The number of benzene rings is 2. The number of methoxy groups -OCH3 is 1. The van der Waals surface area contributed by atoms with Crippen molar-refractivity contribution < 1.29 is 28.7 Å². The largest absolute Gasteiger partial charge is 0.493 e. The second-order valence-corrected chi connectivity index (χ2v) is 9.20. The van der Waals surface area contributed by atoms with E-state index in [1.165, 1.54) is 7.11 Å². The number of amides is 5. The first-order chi connectivity index (χ1) is 17.7. The summed E-state index contributed by atoms with van der Waals surface area (Å²) in [4.78, 5) is 50.6. The number of nitrogens with two attached hydrogens (primary N) is 1. The lowest BCUT2D eigenvalue weighted by Gasteiger charge is -2.19. The highest BCUT2D eigenvalue weighted by Gasteiger charge is 2.34. The Morgan fingerprint density at radius 1 is 1.16 bits per heavy atom. The number of nitrogens with one attached hydrogen (secondary N) is 2. The molecule has 1 fully saturated rings. The lowest BCUT2D eigenvalue weighted by Crippen LogP contribution is -2.40. The molecule has 2 aromatic rings. The molecule has 1 atom stereocenters. The first-order valence-corrected chi connectivity index (χ1v) is 12.5. The molecule has 2 aromatic carbocycles.